The molecule has 0 aromatic carbocycles. The summed E-state index contributed by atoms with van der Waals surface area (Å²) in [5.74, 6) is 0.663. The topological polar surface area (TPSA) is 72.3 Å². The summed E-state index contributed by atoms with van der Waals surface area (Å²) >= 11 is 0. The maximum Gasteiger partial charge on any atom is 0.224 e. The van der Waals surface area contributed by atoms with Crippen LogP contribution in [-0.2, 0) is 4.79 Å². The molecule has 0 spiro atoms. The average molecular weight is 253 g/mol. The normalized spacial score (nSPS) is 19.6. The summed E-state index contributed by atoms with van der Waals surface area (Å²) in [7, 11) is 2.03. The highest BCUT2D eigenvalue weighted by Crippen LogP contribution is 2.15. The molecule has 0 aliphatic carbocycles. The first-order chi connectivity index (χ1) is 8.54. The van der Waals surface area contributed by atoms with Crippen molar-refractivity contribution in [1.82, 2.24) is 9.80 Å². The van der Waals surface area contributed by atoms with Crippen LogP contribution < -0.4 is 0 Å². The fourth-order valence-corrected chi connectivity index (χ4v) is 2.31. The van der Waals surface area contributed by atoms with Gasteiger partial charge >= 0.3 is 0 Å². The predicted molar refractivity (Wildman–Crippen MR) is 71.1 cm³/mol. The highest BCUT2D eigenvalue weighted by atomic mass is 16.2. The summed E-state index contributed by atoms with van der Waals surface area (Å²) in [6.45, 7) is 7.05. The summed E-state index contributed by atoms with van der Waals surface area (Å²) in [5, 5.41) is 3.66. The van der Waals surface area contributed by atoms with E-state index in [-0.39, 0.29) is 11.9 Å². The van der Waals surface area contributed by atoms with Crippen LogP contribution in [0.4, 0.5) is 0 Å². The lowest BCUT2D eigenvalue weighted by Gasteiger charge is -2.31. The summed E-state index contributed by atoms with van der Waals surface area (Å²) in [6.07, 6.45) is 1.44. The first kappa shape index (κ1) is 14.8. The lowest BCUT2D eigenvalue weighted by atomic mass is 10.0. The molecule has 102 valence electrons. The lowest BCUT2D eigenvalue weighted by Crippen LogP contribution is -2.43. The lowest BCUT2D eigenvalue weighted by molar-refractivity contribution is -0.132. The van der Waals surface area contributed by atoms with E-state index in [0.29, 0.717) is 18.9 Å². The van der Waals surface area contributed by atoms with Crippen LogP contribution in [0.25, 0.3) is 10.4 Å². The van der Waals surface area contributed by atoms with Gasteiger partial charge in [-0.15, -0.1) is 0 Å². The van der Waals surface area contributed by atoms with Gasteiger partial charge in [-0.2, -0.15) is 0 Å². The highest BCUT2D eigenvalue weighted by Gasteiger charge is 2.26. The van der Waals surface area contributed by atoms with Crippen LogP contribution in [-0.4, -0.2) is 55.0 Å². The van der Waals surface area contributed by atoms with E-state index < -0.39 is 0 Å². The molecule has 0 unspecified atom stereocenters. The van der Waals surface area contributed by atoms with E-state index in [0.717, 1.165) is 26.1 Å². The second kappa shape index (κ2) is 7.24. The van der Waals surface area contributed by atoms with Gasteiger partial charge in [0.05, 0.1) is 0 Å². The van der Waals surface area contributed by atoms with Crippen molar-refractivity contribution in [1.29, 1.82) is 0 Å². The molecule has 0 bridgehead atoms. The molecule has 0 N–H and O–H groups in total. The number of rotatable bonds is 5. The molecule has 0 aromatic rings. The van der Waals surface area contributed by atoms with Gasteiger partial charge in [-0.05, 0) is 24.9 Å². The van der Waals surface area contributed by atoms with Gasteiger partial charge in [-0.3, -0.25) is 4.79 Å². The standard InChI is InChI=1S/C12H23N5O/c1-10(2)8-11(9-14-15-13)17-7-6-16(3)5-4-12(17)18/h10-11H,4-9H2,1-3H3/t11-/m0/s1. The molecular formula is C12H23N5O. The molecule has 1 aliphatic heterocycles. The third-order valence-corrected chi connectivity index (χ3v) is 3.29. The zero-order chi connectivity index (χ0) is 13.5. The molecule has 0 radical (unpaired) electrons. The number of nitrogens with zero attached hydrogens (tertiary/aromatic N) is 5. The van der Waals surface area contributed by atoms with E-state index in [1.54, 1.807) is 0 Å². The maximum absolute atomic E-state index is 12.1. The molecule has 1 aliphatic rings. The number of hydrogen-bond acceptors (Lipinski definition) is 3. The minimum absolute atomic E-state index is 0.0416. The van der Waals surface area contributed by atoms with Crippen LogP contribution in [0.5, 0.6) is 0 Å². The monoisotopic (exact) mass is 253 g/mol. The van der Waals surface area contributed by atoms with E-state index in [2.05, 4.69) is 28.8 Å². The Morgan fingerprint density at radius 3 is 2.72 bits per heavy atom. The van der Waals surface area contributed by atoms with Crippen molar-refractivity contribution in [2.75, 3.05) is 33.2 Å². The van der Waals surface area contributed by atoms with Crippen molar-refractivity contribution in [2.24, 2.45) is 11.0 Å². The predicted octanol–water partition coefficient (Wildman–Crippen LogP) is 1.88. The van der Waals surface area contributed by atoms with Crippen molar-refractivity contribution >= 4 is 5.91 Å². The fraction of sp³-hybridized carbons (Fsp3) is 0.917. The van der Waals surface area contributed by atoms with Gasteiger partial charge in [0.1, 0.15) is 0 Å². The quantitative estimate of drug-likeness (QED) is 0.426. The Balaban J connectivity index is 2.74. The van der Waals surface area contributed by atoms with Crippen molar-refractivity contribution in [3.05, 3.63) is 10.4 Å². The minimum Gasteiger partial charge on any atom is -0.338 e. The van der Waals surface area contributed by atoms with E-state index in [1.807, 2.05) is 11.9 Å². The van der Waals surface area contributed by atoms with Crippen LogP contribution in [0.15, 0.2) is 5.11 Å². The number of azide groups is 1. The molecule has 0 saturated carbocycles. The molecule has 0 aromatic heterocycles. The third kappa shape index (κ3) is 4.55. The Morgan fingerprint density at radius 2 is 2.11 bits per heavy atom. The van der Waals surface area contributed by atoms with Gasteiger partial charge in [-0.25, -0.2) is 0 Å². The van der Waals surface area contributed by atoms with Gasteiger partial charge in [0, 0.05) is 43.6 Å². The summed E-state index contributed by atoms with van der Waals surface area (Å²) in [5.41, 5.74) is 8.46. The Bertz CT molecular complexity index is 324. The second-order valence-electron chi connectivity index (χ2n) is 5.34. The largest absolute Gasteiger partial charge is 0.338 e. The van der Waals surface area contributed by atoms with Crippen molar-refractivity contribution in [3.8, 4) is 0 Å². The van der Waals surface area contributed by atoms with E-state index in [9.17, 15) is 4.79 Å². The summed E-state index contributed by atoms with van der Waals surface area (Å²) in [4.78, 5) is 19.0. The summed E-state index contributed by atoms with van der Waals surface area (Å²) < 4.78 is 0. The number of carbonyl (C=O) groups is 1. The van der Waals surface area contributed by atoms with Crippen molar-refractivity contribution in [3.63, 3.8) is 0 Å². The molecule has 6 nitrogen and oxygen atoms in total. The van der Waals surface area contributed by atoms with Gasteiger partial charge in [0.15, 0.2) is 0 Å². The summed E-state index contributed by atoms with van der Waals surface area (Å²) in [6, 6.07) is 0.0416. The third-order valence-electron chi connectivity index (χ3n) is 3.29. The molecule has 1 rings (SSSR count). The first-order valence-corrected chi connectivity index (χ1v) is 6.53. The van der Waals surface area contributed by atoms with E-state index >= 15 is 0 Å². The van der Waals surface area contributed by atoms with Gasteiger partial charge in [-0.1, -0.05) is 19.0 Å². The smallest absolute Gasteiger partial charge is 0.224 e. The minimum atomic E-state index is 0.0416. The van der Waals surface area contributed by atoms with Gasteiger partial charge in [0.2, 0.25) is 5.91 Å². The molecule has 6 heteroatoms. The van der Waals surface area contributed by atoms with E-state index in [1.165, 1.54) is 0 Å². The van der Waals surface area contributed by atoms with Crippen LogP contribution in [0.3, 0.4) is 0 Å². The second-order valence-corrected chi connectivity index (χ2v) is 5.34. The van der Waals surface area contributed by atoms with Crippen LogP contribution in [0.2, 0.25) is 0 Å². The van der Waals surface area contributed by atoms with Crippen LogP contribution in [0, 0.1) is 5.92 Å². The molecule has 1 atom stereocenters. The molecule has 1 heterocycles. The van der Waals surface area contributed by atoms with Crippen molar-refractivity contribution in [2.45, 2.75) is 32.7 Å². The molecule has 1 fully saturated rings. The fourth-order valence-electron chi connectivity index (χ4n) is 2.31. The molecule has 18 heavy (non-hydrogen) atoms. The Labute approximate surface area is 109 Å². The first-order valence-electron chi connectivity index (χ1n) is 6.53. The van der Waals surface area contributed by atoms with Gasteiger partial charge < -0.3 is 9.80 Å². The molecule has 1 saturated heterocycles. The Morgan fingerprint density at radius 1 is 1.39 bits per heavy atom. The zero-order valence-electron chi connectivity index (χ0n) is 11.5. The Hall–Kier alpha value is -1.26. The number of likely N-dealkylation sites (N-methyl/N-ethyl adjacent to an activating group) is 1. The van der Waals surface area contributed by atoms with Crippen molar-refractivity contribution < 1.29 is 4.79 Å². The maximum atomic E-state index is 12.1. The molecular weight excluding hydrogens is 230 g/mol. The average Bonchev–Trinajstić information content (AvgIpc) is 2.47. The molecule has 1 amide bonds. The zero-order valence-corrected chi connectivity index (χ0v) is 11.5. The highest BCUT2D eigenvalue weighted by molar-refractivity contribution is 5.77. The van der Waals surface area contributed by atoms with Crippen LogP contribution >= 0.6 is 0 Å². The van der Waals surface area contributed by atoms with Crippen LogP contribution in [0.1, 0.15) is 26.7 Å². The SMILES string of the molecule is CC(C)C[C@@H](CN=[N+]=[N-])N1CCN(C)CCC1=O. The number of carbonyl (C=O) groups excluding carboxylic acids is 1. The Kier molecular flexibility index (Phi) is 5.95. The number of amides is 1. The van der Waals surface area contributed by atoms with Gasteiger partial charge in [0.25, 0.3) is 0 Å². The number of hydrogen-bond donors (Lipinski definition) is 0. The van der Waals surface area contributed by atoms with E-state index in [4.69, 9.17) is 5.53 Å².